The number of fused-ring (bicyclic) bond motifs is 1. The highest BCUT2D eigenvalue weighted by molar-refractivity contribution is 6.11. The van der Waals surface area contributed by atoms with Crippen molar-refractivity contribution in [3.05, 3.63) is 33.7 Å². The van der Waals surface area contributed by atoms with Gasteiger partial charge in [-0.15, -0.1) is 0 Å². The fourth-order valence-corrected chi connectivity index (χ4v) is 0.972. The van der Waals surface area contributed by atoms with Gasteiger partial charge in [-0.25, -0.2) is 4.99 Å². The molecule has 0 aromatic carbocycles. The zero-order chi connectivity index (χ0) is 7.84. The van der Waals surface area contributed by atoms with E-state index in [1.54, 1.807) is 0 Å². The Kier molecular flexibility index (Phi) is 1.03. The van der Waals surface area contributed by atoms with Gasteiger partial charge in [0.2, 0.25) is 5.56 Å². The van der Waals surface area contributed by atoms with E-state index in [-0.39, 0.29) is 11.5 Å². The van der Waals surface area contributed by atoms with Gasteiger partial charge in [-0.2, -0.15) is 0 Å². The summed E-state index contributed by atoms with van der Waals surface area (Å²) in [6, 6.07) is 2.79. The molecule has 0 saturated carbocycles. The third kappa shape index (κ3) is 0.797. The van der Waals surface area contributed by atoms with Crippen LogP contribution in [0.2, 0.25) is 0 Å². The van der Waals surface area contributed by atoms with Gasteiger partial charge in [0.1, 0.15) is 0 Å². The summed E-state index contributed by atoms with van der Waals surface area (Å²) in [6.45, 7) is 0. The van der Waals surface area contributed by atoms with Crippen LogP contribution in [0.25, 0.3) is 0 Å². The molecule has 0 aliphatic carbocycles. The molecule has 4 nitrogen and oxygen atoms in total. The second kappa shape index (κ2) is 1.88. The van der Waals surface area contributed by atoms with Crippen molar-refractivity contribution in [2.45, 2.75) is 0 Å². The van der Waals surface area contributed by atoms with Crippen LogP contribution < -0.4 is 5.56 Å². The molecular weight excluding hydrogens is 144 g/mol. The molecule has 1 aromatic rings. The van der Waals surface area contributed by atoms with Crippen molar-refractivity contribution in [1.29, 1.82) is 0 Å². The molecule has 0 fully saturated rings. The van der Waals surface area contributed by atoms with Crippen molar-refractivity contribution in [3.8, 4) is 0 Å². The number of carbonyl (C=O) groups excluding carboxylic acids is 1. The van der Waals surface area contributed by atoms with Crippen molar-refractivity contribution in [2.75, 3.05) is 0 Å². The molecule has 1 aromatic heterocycles. The smallest absolute Gasteiger partial charge is 0.279 e. The Morgan fingerprint density at radius 3 is 2.91 bits per heavy atom. The maximum atomic E-state index is 10.9. The number of hydrogen-bond acceptors (Lipinski definition) is 2. The molecular formula is C7H4N2O2. The average molecular weight is 148 g/mol. The summed E-state index contributed by atoms with van der Waals surface area (Å²) < 4.78 is 0. The van der Waals surface area contributed by atoms with Gasteiger partial charge < -0.3 is 4.98 Å². The maximum Gasteiger partial charge on any atom is 0.279 e. The molecule has 2 heterocycles. The molecule has 0 atom stereocenters. The van der Waals surface area contributed by atoms with E-state index in [2.05, 4.69) is 9.98 Å². The highest BCUT2D eigenvalue weighted by Crippen LogP contribution is 2.08. The van der Waals surface area contributed by atoms with Crippen LogP contribution in [0.5, 0.6) is 0 Å². The second-order valence-electron chi connectivity index (χ2n) is 2.21. The fourth-order valence-electron chi connectivity index (χ4n) is 0.972. The largest absolute Gasteiger partial charge is 0.320 e. The molecule has 11 heavy (non-hydrogen) atoms. The Morgan fingerprint density at radius 2 is 2.09 bits per heavy atom. The van der Waals surface area contributed by atoms with Crippen LogP contribution in [0.15, 0.2) is 21.9 Å². The number of rotatable bonds is 0. The van der Waals surface area contributed by atoms with Gasteiger partial charge in [0.15, 0.2) is 0 Å². The Bertz CT molecular complexity index is 403. The van der Waals surface area contributed by atoms with Gasteiger partial charge in [-0.05, 0) is 6.07 Å². The molecule has 1 aliphatic rings. The standard InChI is InChI=1S/C7H4N2O2/c10-6-2-1-4-5(9-6)3-8-7(4)11/h1-3H,(H,9,10). The summed E-state index contributed by atoms with van der Waals surface area (Å²) in [7, 11) is 0. The molecule has 0 bridgehead atoms. The number of nitrogens with one attached hydrogen (secondary N) is 1. The summed E-state index contributed by atoms with van der Waals surface area (Å²) in [4.78, 5) is 27.6. The molecule has 0 radical (unpaired) electrons. The van der Waals surface area contributed by atoms with Crippen LogP contribution in [0.1, 0.15) is 16.1 Å². The average Bonchev–Trinajstić information content (AvgIpc) is 2.32. The summed E-state index contributed by atoms with van der Waals surface area (Å²) in [5.41, 5.74) is 0.747. The van der Waals surface area contributed by atoms with E-state index in [1.807, 2.05) is 0 Å². The Hall–Kier alpha value is -1.71. The van der Waals surface area contributed by atoms with E-state index in [0.29, 0.717) is 11.3 Å². The summed E-state index contributed by atoms with van der Waals surface area (Å²) in [6.07, 6.45) is 1.36. The number of amides is 1. The molecule has 1 N–H and O–H groups in total. The van der Waals surface area contributed by atoms with E-state index in [0.717, 1.165) is 0 Å². The highest BCUT2D eigenvalue weighted by Gasteiger charge is 2.14. The van der Waals surface area contributed by atoms with Crippen LogP contribution >= 0.6 is 0 Å². The normalized spacial score (nSPS) is 13.6. The minimum atomic E-state index is -0.295. The number of nitrogens with zero attached hydrogens (tertiary/aromatic N) is 1. The predicted octanol–water partition coefficient (Wildman–Crippen LogP) is -0.0524. The first-order valence-corrected chi connectivity index (χ1v) is 3.09. The van der Waals surface area contributed by atoms with Crippen molar-refractivity contribution < 1.29 is 4.79 Å². The number of aliphatic imine (C=N–C) groups is 1. The molecule has 1 aliphatic heterocycles. The van der Waals surface area contributed by atoms with Gasteiger partial charge in [0, 0.05) is 6.07 Å². The lowest BCUT2D eigenvalue weighted by molar-refractivity contribution is 0.101. The maximum absolute atomic E-state index is 10.9. The zero-order valence-corrected chi connectivity index (χ0v) is 5.50. The SMILES string of the molecule is O=C1N=Cc2[nH]c(=O)ccc21. The topological polar surface area (TPSA) is 62.3 Å². The van der Waals surface area contributed by atoms with Crippen molar-refractivity contribution in [3.63, 3.8) is 0 Å². The third-order valence-electron chi connectivity index (χ3n) is 1.49. The van der Waals surface area contributed by atoms with Crippen LogP contribution in [-0.2, 0) is 0 Å². The third-order valence-corrected chi connectivity index (χ3v) is 1.49. The molecule has 54 valence electrons. The van der Waals surface area contributed by atoms with Gasteiger partial charge in [0.05, 0.1) is 17.5 Å². The zero-order valence-electron chi connectivity index (χ0n) is 5.50. The van der Waals surface area contributed by atoms with E-state index in [9.17, 15) is 9.59 Å². The fraction of sp³-hybridized carbons (Fsp3) is 0. The molecule has 1 amide bonds. The Balaban J connectivity index is 2.76. The second-order valence-corrected chi connectivity index (χ2v) is 2.21. The van der Waals surface area contributed by atoms with Crippen molar-refractivity contribution in [1.82, 2.24) is 4.98 Å². The number of H-pyrrole nitrogens is 1. The summed E-state index contributed by atoms with van der Waals surface area (Å²) in [5, 5.41) is 0. The monoisotopic (exact) mass is 148 g/mol. The lowest BCUT2D eigenvalue weighted by Crippen LogP contribution is -2.08. The lowest BCUT2D eigenvalue weighted by atomic mass is 10.2. The molecule has 0 unspecified atom stereocenters. The lowest BCUT2D eigenvalue weighted by Gasteiger charge is -1.90. The number of pyridine rings is 1. The van der Waals surface area contributed by atoms with Crippen LogP contribution in [0, 0.1) is 0 Å². The summed E-state index contributed by atoms with van der Waals surface area (Å²) >= 11 is 0. The number of aromatic amines is 1. The first kappa shape index (κ1) is 6.03. The number of carbonyl (C=O) groups is 1. The Labute approximate surface area is 61.6 Å². The number of aromatic nitrogens is 1. The van der Waals surface area contributed by atoms with Gasteiger partial charge in [-0.1, -0.05) is 0 Å². The van der Waals surface area contributed by atoms with Gasteiger partial charge >= 0.3 is 0 Å². The van der Waals surface area contributed by atoms with Crippen LogP contribution in [-0.4, -0.2) is 17.1 Å². The molecule has 0 saturated heterocycles. The first-order chi connectivity index (χ1) is 5.27. The van der Waals surface area contributed by atoms with E-state index < -0.39 is 0 Å². The van der Waals surface area contributed by atoms with Gasteiger partial charge in [0.25, 0.3) is 5.91 Å². The van der Waals surface area contributed by atoms with Crippen molar-refractivity contribution in [2.24, 2.45) is 4.99 Å². The van der Waals surface area contributed by atoms with E-state index in [4.69, 9.17) is 0 Å². The Morgan fingerprint density at radius 1 is 1.27 bits per heavy atom. The highest BCUT2D eigenvalue weighted by atomic mass is 16.1. The molecule has 2 rings (SSSR count). The number of hydrogen-bond donors (Lipinski definition) is 1. The predicted molar refractivity (Wildman–Crippen MR) is 39.0 cm³/mol. The minimum Gasteiger partial charge on any atom is -0.320 e. The molecule has 0 spiro atoms. The minimum absolute atomic E-state index is 0.218. The molecule has 4 heteroatoms. The van der Waals surface area contributed by atoms with Gasteiger partial charge in [-0.3, -0.25) is 9.59 Å². The van der Waals surface area contributed by atoms with E-state index in [1.165, 1.54) is 18.3 Å². The van der Waals surface area contributed by atoms with Crippen LogP contribution in [0.4, 0.5) is 0 Å². The van der Waals surface area contributed by atoms with Crippen molar-refractivity contribution >= 4 is 12.1 Å². The van der Waals surface area contributed by atoms with Crippen LogP contribution in [0.3, 0.4) is 0 Å². The van der Waals surface area contributed by atoms with E-state index >= 15 is 0 Å². The summed E-state index contributed by atoms with van der Waals surface area (Å²) in [5.74, 6) is -0.295. The first-order valence-electron chi connectivity index (χ1n) is 3.09. The quantitative estimate of drug-likeness (QED) is 0.560.